The molecular formula is C19H19ClN4. The predicted molar refractivity (Wildman–Crippen MR) is 102 cm³/mol. The van der Waals surface area contributed by atoms with E-state index in [0.29, 0.717) is 5.02 Å². The molecule has 0 bridgehead atoms. The quantitative estimate of drug-likeness (QED) is 0.447. The first-order valence-corrected chi connectivity index (χ1v) is 8.26. The third-order valence-electron chi connectivity index (χ3n) is 3.64. The molecule has 0 unspecified atom stereocenters. The number of fused-ring (bicyclic) bond motifs is 1. The van der Waals surface area contributed by atoms with Gasteiger partial charge in [0.15, 0.2) is 0 Å². The second-order valence-electron chi connectivity index (χ2n) is 5.45. The molecule has 0 saturated heterocycles. The molecule has 0 spiro atoms. The highest BCUT2D eigenvalue weighted by atomic mass is 35.5. The molecule has 0 aliphatic heterocycles. The Bertz CT molecular complexity index is 848. The van der Waals surface area contributed by atoms with Gasteiger partial charge in [-0.05, 0) is 49.2 Å². The number of benzene rings is 2. The molecule has 122 valence electrons. The van der Waals surface area contributed by atoms with Gasteiger partial charge in [0.25, 0.3) is 0 Å². The van der Waals surface area contributed by atoms with E-state index in [1.807, 2.05) is 42.5 Å². The van der Waals surface area contributed by atoms with Crippen molar-refractivity contribution in [1.82, 2.24) is 9.97 Å². The van der Waals surface area contributed by atoms with Crippen molar-refractivity contribution in [3.05, 3.63) is 66.5 Å². The molecule has 0 aliphatic rings. The third kappa shape index (κ3) is 4.03. The Kier molecular flexibility index (Phi) is 5.29. The Labute approximate surface area is 146 Å². The van der Waals surface area contributed by atoms with Crippen LogP contribution in [-0.4, -0.2) is 16.5 Å². The molecule has 24 heavy (non-hydrogen) atoms. The summed E-state index contributed by atoms with van der Waals surface area (Å²) in [7, 11) is 0. The summed E-state index contributed by atoms with van der Waals surface area (Å²) in [6, 6.07) is 13.7. The van der Waals surface area contributed by atoms with Gasteiger partial charge in [-0.2, -0.15) is 0 Å². The van der Waals surface area contributed by atoms with E-state index in [1.54, 1.807) is 6.33 Å². The van der Waals surface area contributed by atoms with Crippen LogP contribution in [0.4, 0.5) is 17.2 Å². The molecule has 0 fully saturated rings. The van der Waals surface area contributed by atoms with E-state index in [2.05, 4.69) is 33.2 Å². The van der Waals surface area contributed by atoms with Crippen molar-refractivity contribution >= 4 is 39.7 Å². The summed E-state index contributed by atoms with van der Waals surface area (Å²) in [4.78, 5) is 8.71. The zero-order chi connectivity index (χ0) is 16.8. The Hall–Kier alpha value is -2.59. The Morgan fingerprint density at radius 3 is 2.83 bits per heavy atom. The highest BCUT2D eigenvalue weighted by molar-refractivity contribution is 6.30. The van der Waals surface area contributed by atoms with Crippen LogP contribution in [0, 0.1) is 0 Å². The fraction of sp³-hybridized carbons (Fsp3) is 0.158. The van der Waals surface area contributed by atoms with E-state index in [4.69, 9.17) is 11.6 Å². The zero-order valence-electron chi connectivity index (χ0n) is 13.3. The highest BCUT2D eigenvalue weighted by Gasteiger charge is 2.06. The van der Waals surface area contributed by atoms with E-state index in [0.717, 1.165) is 47.5 Å². The Balaban J connectivity index is 1.85. The molecule has 0 atom stereocenters. The van der Waals surface area contributed by atoms with Gasteiger partial charge in [-0.15, -0.1) is 6.58 Å². The second-order valence-corrected chi connectivity index (χ2v) is 5.88. The maximum absolute atomic E-state index is 6.05. The predicted octanol–water partition coefficient (Wildman–Crippen LogP) is 5.40. The van der Waals surface area contributed by atoms with Crippen molar-refractivity contribution in [2.75, 3.05) is 17.2 Å². The molecule has 3 rings (SSSR count). The van der Waals surface area contributed by atoms with E-state index in [-0.39, 0.29) is 0 Å². The summed E-state index contributed by atoms with van der Waals surface area (Å²) in [5.74, 6) is 0.761. The monoisotopic (exact) mass is 338 g/mol. The SMILES string of the molecule is C=CCCCNc1ccc2ncnc(Nc3cccc(Cl)c3)c2c1. The Morgan fingerprint density at radius 1 is 1.08 bits per heavy atom. The summed E-state index contributed by atoms with van der Waals surface area (Å²) in [5, 5.41) is 8.38. The van der Waals surface area contributed by atoms with Crippen molar-refractivity contribution in [2.24, 2.45) is 0 Å². The second kappa shape index (κ2) is 7.79. The van der Waals surface area contributed by atoms with Crippen molar-refractivity contribution in [2.45, 2.75) is 12.8 Å². The number of hydrogen-bond acceptors (Lipinski definition) is 4. The average molecular weight is 339 g/mol. The summed E-state index contributed by atoms with van der Waals surface area (Å²) < 4.78 is 0. The van der Waals surface area contributed by atoms with Crippen molar-refractivity contribution in [3.63, 3.8) is 0 Å². The fourth-order valence-corrected chi connectivity index (χ4v) is 2.64. The summed E-state index contributed by atoms with van der Waals surface area (Å²) in [6.07, 6.45) is 5.56. The van der Waals surface area contributed by atoms with Gasteiger partial charge in [-0.25, -0.2) is 9.97 Å². The van der Waals surface area contributed by atoms with E-state index in [9.17, 15) is 0 Å². The summed E-state index contributed by atoms with van der Waals surface area (Å²) in [6.45, 7) is 4.65. The minimum atomic E-state index is 0.683. The van der Waals surface area contributed by atoms with Crippen molar-refractivity contribution in [1.29, 1.82) is 0 Å². The first-order chi connectivity index (χ1) is 11.8. The number of halogens is 1. The fourth-order valence-electron chi connectivity index (χ4n) is 2.45. The average Bonchev–Trinajstić information content (AvgIpc) is 2.59. The maximum atomic E-state index is 6.05. The molecule has 4 nitrogen and oxygen atoms in total. The van der Waals surface area contributed by atoms with Gasteiger partial charge in [0, 0.05) is 28.3 Å². The van der Waals surface area contributed by atoms with E-state index < -0.39 is 0 Å². The standard InChI is InChI=1S/C19H19ClN4/c1-2-3-4-10-21-15-8-9-18-17(12-15)19(23-13-22-18)24-16-7-5-6-14(20)11-16/h2,5-9,11-13,21H,1,3-4,10H2,(H,22,23,24). The molecule has 2 aromatic carbocycles. The molecule has 0 saturated carbocycles. The first-order valence-electron chi connectivity index (χ1n) is 7.88. The van der Waals surface area contributed by atoms with Crippen LogP contribution < -0.4 is 10.6 Å². The van der Waals surface area contributed by atoms with Gasteiger partial charge in [0.05, 0.1) is 5.52 Å². The molecule has 1 heterocycles. The number of nitrogens with one attached hydrogen (secondary N) is 2. The summed E-state index contributed by atoms with van der Waals surface area (Å²) in [5.41, 5.74) is 2.84. The molecule has 1 aromatic heterocycles. The molecule has 0 amide bonds. The Morgan fingerprint density at radius 2 is 2.00 bits per heavy atom. The van der Waals surface area contributed by atoms with Crippen LogP contribution in [0.25, 0.3) is 10.9 Å². The molecule has 2 N–H and O–H groups in total. The lowest BCUT2D eigenvalue weighted by atomic mass is 10.2. The van der Waals surface area contributed by atoms with Gasteiger partial charge in [0.2, 0.25) is 0 Å². The van der Waals surface area contributed by atoms with Gasteiger partial charge < -0.3 is 10.6 Å². The van der Waals surface area contributed by atoms with E-state index >= 15 is 0 Å². The lowest BCUT2D eigenvalue weighted by Crippen LogP contribution is -2.01. The lowest BCUT2D eigenvalue weighted by Gasteiger charge is -2.11. The summed E-state index contributed by atoms with van der Waals surface area (Å²) >= 11 is 6.05. The van der Waals surface area contributed by atoms with Gasteiger partial charge >= 0.3 is 0 Å². The van der Waals surface area contributed by atoms with Crippen LogP contribution in [0.5, 0.6) is 0 Å². The number of nitrogens with zero attached hydrogens (tertiary/aromatic N) is 2. The highest BCUT2D eigenvalue weighted by Crippen LogP contribution is 2.26. The molecule has 0 aliphatic carbocycles. The molecule has 5 heteroatoms. The van der Waals surface area contributed by atoms with E-state index in [1.165, 1.54) is 0 Å². The maximum Gasteiger partial charge on any atom is 0.141 e. The van der Waals surface area contributed by atoms with Gasteiger partial charge in [-0.3, -0.25) is 0 Å². The van der Waals surface area contributed by atoms with Crippen LogP contribution in [0.1, 0.15) is 12.8 Å². The number of aromatic nitrogens is 2. The van der Waals surface area contributed by atoms with Crippen LogP contribution in [0.3, 0.4) is 0 Å². The minimum Gasteiger partial charge on any atom is -0.385 e. The largest absolute Gasteiger partial charge is 0.385 e. The number of allylic oxidation sites excluding steroid dienone is 1. The number of anilines is 3. The van der Waals surface area contributed by atoms with Crippen molar-refractivity contribution < 1.29 is 0 Å². The topological polar surface area (TPSA) is 49.8 Å². The smallest absolute Gasteiger partial charge is 0.141 e. The van der Waals surface area contributed by atoms with Gasteiger partial charge in [0.1, 0.15) is 12.1 Å². The first kappa shape index (κ1) is 16.3. The minimum absolute atomic E-state index is 0.683. The number of rotatable bonds is 7. The van der Waals surface area contributed by atoms with Crippen LogP contribution >= 0.6 is 11.6 Å². The third-order valence-corrected chi connectivity index (χ3v) is 3.87. The zero-order valence-corrected chi connectivity index (χ0v) is 14.1. The number of hydrogen-bond donors (Lipinski definition) is 2. The lowest BCUT2D eigenvalue weighted by molar-refractivity contribution is 0.891. The number of unbranched alkanes of at least 4 members (excludes halogenated alkanes) is 1. The molecule has 3 aromatic rings. The van der Waals surface area contributed by atoms with Crippen LogP contribution in [0.15, 0.2) is 61.4 Å². The van der Waals surface area contributed by atoms with Crippen molar-refractivity contribution in [3.8, 4) is 0 Å². The molecule has 0 radical (unpaired) electrons. The van der Waals surface area contributed by atoms with Crippen LogP contribution in [-0.2, 0) is 0 Å². The normalized spacial score (nSPS) is 10.5. The van der Waals surface area contributed by atoms with Gasteiger partial charge in [-0.1, -0.05) is 23.7 Å². The van der Waals surface area contributed by atoms with Crippen LogP contribution in [0.2, 0.25) is 5.02 Å². The molecular weight excluding hydrogens is 320 g/mol.